The average molecular weight is 121 g/mol. The summed E-state index contributed by atoms with van der Waals surface area (Å²) in [5, 5.41) is 10.7. The second-order valence-corrected chi connectivity index (χ2v) is 1.59. The highest BCUT2D eigenvalue weighted by Crippen LogP contribution is 2.12. The lowest BCUT2D eigenvalue weighted by atomic mass is 10.4. The van der Waals surface area contributed by atoms with Crippen LogP contribution in [0, 0.1) is 0 Å². The van der Waals surface area contributed by atoms with Crippen LogP contribution in [0.25, 0.3) is 11.6 Å². The maximum Gasteiger partial charge on any atom is 0.268 e. The first-order valence-corrected chi connectivity index (χ1v) is 2.49. The monoisotopic (exact) mass is 121 g/mol. The van der Waals surface area contributed by atoms with Crippen molar-refractivity contribution in [3.8, 4) is 11.6 Å². The lowest BCUT2D eigenvalue weighted by Gasteiger charge is -1.86. The van der Waals surface area contributed by atoms with Crippen LogP contribution in [0.15, 0.2) is 22.8 Å². The molecule has 0 unspecified atom stereocenters. The molecule has 0 fully saturated rings. The Morgan fingerprint density at radius 2 is 2.33 bits per heavy atom. The van der Waals surface area contributed by atoms with Gasteiger partial charge in [-0.25, -0.2) is 0 Å². The van der Waals surface area contributed by atoms with E-state index >= 15 is 0 Å². The maximum absolute atomic E-state index is 4.92. The maximum atomic E-state index is 4.92. The molecule has 0 saturated carbocycles. The minimum atomic E-state index is 0.484. The third-order valence-corrected chi connectivity index (χ3v) is 1.02. The van der Waals surface area contributed by atoms with Crippen molar-refractivity contribution in [3.63, 3.8) is 0 Å². The molecule has 0 amide bonds. The van der Waals surface area contributed by atoms with Crippen LogP contribution in [0.1, 0.15) is 0 Å². The first-order valence-electron chi connectivity index (χ1n) is 2.49. The smallest absolute Gasteiger partial charge is 0.268 e. The molecule has 0 aromatic carbocycles. The average Bonchev–Trinajstić information content (AvgIpc) is 2.33. The zero-order valence-corrected chi connectivity index (χ0v) is 4.48. The second kappa shape index (κ2) is 1.51. The Morgan fingerprint density at radius 3 is 3.22 bits per heavy atom. The summed E-state index contributed by atoms with van der Waals surface area (Å²) in [7, 11) is 0. The van der Waals surface area contributed by atoms with Crippen molar-refractivity contribution in [1.29, 1.82) is 0 Å². The predicted molar refractivity (Wildman–Crippen MR) is 28.7 cm³/mol. The van der Waals surface area contributed by atoms with Crippen molar-refractivity contribution in [3.05, 3.63) is 18.4 Å². The van der Waals surface area contributed by atoms with Crippen LogP contribution in [0.2, 0.25) is 0 Å². The molecule has 2 aliphatic heterocycles. The lowest BCUT2D eigenvalue weighted by molar-refractivity contribution is 0.547. The highest BCUT2D eigenvalue weighted by atomic mass is 16.3. The number of nitrogens with zero attached hydrogens (tertiary/aromatic N) is 3. The molecule has 0 bridgehead atoms. The van der Waals surface area contributed by atoms with Gasteiger partial charge >= 0.3 is 0 Å². The third-order valence-electron chi connectivity index (χ3n) is 1.02. The summed E-state index contributed by atoms with van der Waals surface area (Å²) in [6.07, 6.45) is 1.54. The minimum absolute atomic E-state index is 0.484. The third kappa shape index (κ3) is 0.561. The number of aromatic nitrogens is 3. The van der Waals surface area contributed by atoms with Crippen molar-refractivity contribution in [2.75, 3.05) is 0 Å². The molecule has 4 nitrogen and oxygen atoms in total. The highest BCUT2D eigenvalue weighted by molar-refractivity contribution is 5.44. The zero-order valence-electron chi connectivity index (χ0n) is 4.48. The molecule has 9 heavy (non-hydrogen) atoms. The van der Waals surface area contributed by atoms with Crippen LogP contribution < -0.4 is 0 Å². The number of rotatable bonds is 0. The van der Waals surface area contributed by atoms with E-state index in [1.165, 1.54) is 0 Å². The molecule has 2 heterocycles. The standard InChI is InChI=1S/C5H3N3O/c1-2-4-5(9-3-1)7-8-6-4/h1-3H. The van der Waals surface area contributed by atoms with Crippen molar-refractivity contribution in [1.82, 2.24) is 15.4 Å². The van der Waals surface area contributed by atoms with Crippen LogP contribution in [0.4, 0.5) is 0 Å². The van der Waals surface area contributed by atoms with E-state index in [4.69, 9.17) is 4.42 Å². The molecular weight excluding hydrogens is 118 g/mol. The van der Waals surface area contributed by atoms with E-state index in [2.05, 4.69) is 15.4 Å². The molecule has 0 N–H and O–H groups in total. The fourth-order valence-electron chi connectivity index (χ4n) is 0.628. The van der Waals surface area contributed by atoms with Crippen LogP contribution in [-0.4, -0.2) is 15.4 Å². The molecule has 0 spiro atoms. The highest BCUT2D eigenvalue weighted by Gasteiger charge is 2.05. The first-order chi connectivity index (χ1) is 4.47. The topological polar surface area (TPSA) is 51.8 Å². The SMILES string of the molecule is c1coc2nnnc-2c1. The largest absolute Gasteiger partial charge is 0.444 e. The Labute approximate surface area is 50.9 Å². The summed E-state index contributed by atoms with van der Waals surface area (Å²) >= 11 is 0. The predicted octanol–water partition coefficient (Wildman–Crippen LogP) is 0.569. The van der Waals surface area contributed by atoms with Gasteiger partial charge in [0, 0.05) is 0 Å². The molecule has 44 valence electrons. The van der Waals surface area contributed by atoms with Crippen LogP contribution in [0.3, 0.4) is 0 Å². The summed E-state index contributed by atoms with van der Waals surface area (Å²) in [5.74, 6) is 0.484. The van der Waals surface area contributed by atoms with Gasteiger partial charge in [0.05, 0.1) is 6.26 Å². The van der Waals surface area contributed by atoms with Crippen LogP contribution >= 0.6 is 0 Å². The van der Waals surface area contributed by atoms with Gasteiger partial charge in [0.1, 0.15) is 0 Å². The summed E-state index contributed by atoms with van der Waals surface area (Å²) in [6, 6.07) is 3.54. The molecule has 0 aromatic rings. The van der Waals surface area contributed by atoms with E-state index in [0.29, 0.717) is 11.6 Å². The summed E-state index contributed by atoms with van der Waals surface area (Å²) in [5.41, 5.74) is 0.692. The first kappa shape index (κ1) is 4.43. The number of fused-ring (bicyclic) bond motifs is 1. The molecule has 2 rings (SSSR count). The van der Waals surface area contributed by atoms with E-state index in [0.717, 1.165) is 0 Å². The van der Waals surface area contributed by atoms with Gasteiger partial charge in [0.15, 0.2) is 5.69 Å². The van der Waals surface area contributed by atoms with Crippen molar-refractivity contribution in [2.24, 2.45) is 0 Å². The quantitative estimate of drug-likeness (QED) is 0.511. The molecule has 0 radical (unpaired) electrons. The van der Waals surface area contributed by atoms with Gasteiger partial charge in [-0.2, -0.15) is 0 Å². The van der Waals surface area contributed by atoms with E-state index in [1.807, 2.05) is 0 Å². The Balaban J connectivity index is 2.79. The molecule has 0 atom stereocenters. The molecule has 4 heteroatoms. The fourth-order valence-corrected chi connectivity index (χ4v) is 0.628. The van der Waals surface area contributed by atoms with Gasteiger partial charge in [-0.05, 0) is 17.3 Å². The Bertz CT molecular complexity index is 252. The van der Waals surface area contributed by atoms with Crippen molar-refractivity contribution >= 4 is 0 Å². The van der Waals surface area contributed by atoms with Gasteiger partial charge in [-0.1, -0.05) is 5.10 Å². The van der Waals surface area contributed by atoms with E-state index < -0.39 is 0 Å². The summed E-state index contributed by atoms with van der Waals surface area (Å²) < 4.78 is 4.92. The van der Waals surface area contributed by atoms with Gasteiger partial charge in [-0.3, -0.25) is 0 Å². The van der Waals surface area contributed by atoms with Gasteiger partial charge in [0.2, 0.25) is 0 Å². The molecule has 0 saturated heterocycles. The Morgan fingerprint density at radius 1 is 1.33 bits per heavy atom. The summed E-state index contributed by atoms with van der Waals surface area (Å²) in [4.78, 5) is 0. The molecule has 0 aliphatic carbocycles. The van der Waals surface area contributed by atoms with E-state index in [9.17, 15) is 0 Å². The number of hydrogen-bond donors (Lipinski definition) is 0. The van der Waals surface area contributed by atoms with E-state index in [1.54, 1.807) is 18.4 Å². The van der Waals surface area contributed by atoms with Gasteiger partial charge < -0.3 is 4.42 Å². The van der Waals surface area contributed by atoms with Gasteiger partial charge in [0.25, 0.3) is 5.89 Å². The van der Waals surface area contributed by atoms with Crippen LogP contribution in [0.5, 0.6) is 0 Å². The fraction of sp³-hybridized carbons (Fsp3) is 0. The minimum Gasteiger partial charge on any atom is -0.444 e. The second-order valence-electron chi connectivity index (χ2n) is 1.59. The van der Waals surface area contributed by atoms with Crippen molar-refractivity contribution < 1.29 is 4.42 Å². The van der Waals surface area contributed by atoms with Gasteiger partial charge in [-0.15, -0.1) is 5.10 Å². The zero-order chi connectivity index (χ0) is 6.10. The summed E-state index contributed by atoms with van der Waals surface area (Å²) in [6.45, 7) is 0. The Kier molecular flexibility index (Phi) is 0.745. The van der Waals surface area contributed by atoms with E-state index in [-0.39, 0.29) is 0 Å². The molecule has 2 aliphatic rings. The van der Waals surface area contributed by atoms with Crippen molar-refractivity contribution in [2.45, 2.75) is 0 Å². The van der Waals surface area contributed by atoms with Crippen LogP contribution in [-0.2, 0) is 0 Å². The molecule has 0 aromatic heterocycles. The lowest BCUT2D eigenvalue weighted by Crippen LogP contribution is -1.73. The molecular formula is C5H3N3O. The normalized spacial score (nSPS) is 10.2. The Hall–Kier alpha value is -1.45. The number of hydrogen-bond acceptors (Lipinski definition) is 4.